The molecule has 19 heavy (non-hydrogen) atoms. The van der Waals surface area contributed by atoms with Gasteiger partial charge in [0.05, 0.1) is 11.9 Å². The highest BCUT2D eigenvalue weighted by Crippen LogP contribution is 1.98. The molecule has 0 fully saturated rings. The normalized spacial score (nSPS) is 10.6. The number of hydrogen-bond acceptors (Lipinski definition) is 3. The van der Waals surface area contributed by atoms with Crippen LogP contribution in [-0.4, -0.2) is 38.7 Å². The van der Waals surface area contributed by atoms with Gasteiger partial charge in [0.25, 0.3) is 0 Å². The van der Waals surface area contributed by atoms with Gasteiger partial charge in [-0.05, 0) is 13.8 Å². The number of carboxylic acid groups (broad SMARTS) is 1. The Hall–Kier alpha value is -2.49. The molecule has 7 heteroatoms. The number of nitrogens with zero attached hydrogens (tertiary/aromatic N) is 2. The number of imidazole rings is 1. The summed E-state index contributed by atoms with van der Waals surface area (Å²) in [6, 6.07) is -0.374. The van der Waals surface area contributed by atoms with Crippen molar-refractivity contribution < 1.29 is 14.7 Å². The van der Waals surface area contributed by atoms with Gasteiger partial charge in [-0.15, -0.1) is 6.42 Å². The molecule has 0 bridgehead atoms. The van der Waals surface area contributed by atoms with Crippen molar-refractivity contribution in [3.63, 3.8) is 0 Å². The van der Waals surface area contributed by atoms with E-state index in [-0.39, 0.29) is 11.7 Å². The number of nitrogens with one attached hydrogen (secondary N) is 2. The number of aromatic nitrogens is 2. The number of aromatic carboxylic acids is 1. The molecule has 0 spiro atoms. The number of amides is 2. The van der Waals surface area contributed by atoms with Gasteiger partial charge in [0.2, 0.25) is 0 Å². The molecule has 3 N–H and O–H groups in total. The molecule has 0 aromatic carbocycles. The molecule has 0 radical (unpaired) electrons. The first-order valence-electron chi connectivity index (χ1n) is 5.63. The molecule has 0 aliphatic heterocycles. The fourth-order valence-corrected chi connectivity index (χ4v) is 1.26. The highest BCUT2D eigenvalue weighted by atomic mass is 16.4. The molecular formula is C12H16N4O3. The van der Waals surface area contributed by atoms with E-state index in [0.29, 0.717) is 13.1 Å². The number of hydrogen-bond donors (Lipinski definition) is 3. The van der Waals surface area contributed by atoms with Crippen molar-refractivity contribution in [1.29, 1.82) is 0 Å². The van der Waals surface area contributed by atoms with Gasteiger partial charge in [-0.2, -0.15) is 0 Å². The fraction of sp³-hybridized carbons (Fsp3) is 0.417. The first kappa shape index (κ1) is 14.6. The van der Waals surface area contributed by atoms with E-state index in [1.165, 1.54) is 12.5 Å². The molecule has 0 saturated carbocycles. The van der Waals surface area contributed by atoms with Crippen LogP contribution in [0.2, 0.25) is 0 Å². The van der Waals surface area contributed by atoms with Crippen molar-refractivity contribution in [2.24, 2.45) is 0 Å². The molecule has 1 aromatic heterocycles. The average molecular weight is 264 g/mol. The topological polar surface area (TPSA) is 96.3 Å². The van der Waals surface area contributed by atoms with Crippen LogP contribution in [0.25, 0.3) is 0 Å². The third-order valence-electron chi connectivity index (χ3n) is 2.29. The van der Waals surface area contributed by atoms with Gasteiger partial charge in [0.1, 0.15) is 0 Å². The first-order valence-corrected chi connectivity index (χ1v) is 5.63. The Kier molecular flexibility index (Phi) is 4.53. The fourth-order valence-electron chi connectivity index (χ4n) is 1.26. The Labute approximate surface area is 111 Å². The zero-order valence-corrected chi connectivity index (χ0v) is 10.8. The Morgan fingerprint density at radius 1 is 1.58 bits per heavy atom. The minimum absolute atomic E-state index is 0.0297. The molecule has 0 unspecified atom stereocenters. The molecule has 7 nitrogen and oxygen atoms in total. The lowest BCUT2D eigenvalue weighted by molar-refractivity contribution is 0.0691. The Morgan fingerprint density at radius 3 is 2.79 bits per heavy atom. The van der Waals surface area contributed by atoms with Crippen LogP contribution in [0, 0.1) is 12.3 Å². The molecule has 0 saturated heterocycles. The van der Waals surface area contributed by atoms with Crippen molar-refractivity contribution in [3.05, 3.63) is 18.2 Å². The largest absolute Gasteiger partial charge is 0.476 e. The minimum Gasteiger partial charge on any atom is -0.476 e. The highest BCUT2D eigenvalue weighted by molar-refractivity contribution is 5.84. The number of carbonyl (C=O) groups is 2. The van der Waals surface area contributed by atoms with Crippen LogP contribution in [0.5, 0.6) is 0 Å². The third-order valence-corrected chi connectivity index (χ3v) is 2.29. The Morgan fingerprint density at radius 2 is 2.26 bits per heavy atom. The van der Waals surface area contributed by atoms with Crippen LogP contribution < -0.4 is 10.6 Å². The van der Waals surface area contributed by atoms with Crippen LogP contribution >= 0.6 is 0 Å². The average Bonchev–Trinajstić information content (AvgIpc) is 2.77. The first-order chi connectivity index (χ1) is 8.84. The quantitative estimate of drug-likeness (QED) is 0.666. The Balaban J connectivity index is 2.36. The van der Waals surface area contributed by atoms with Crippen LogP contribution in [0.3, 0.4) is 0 Å². The van der Waals surface area contributed by atoms with Gasteiger partial charge in [0, 0.05) is 19.3 Å². The van der Waals surface area contributed by atoms with Crippen molar-refractivity contribution in [3.8, 4) is 12.3 Å². The second-order valence-corrected chi connectivity index (χ2v) is 4.45. The summed E-state index contributed by atoms with van der Waals surface area (Å²) in [5.74, 6) is 1.36. The van der Waals surface area contributed by atoms with Crippen molar-refractivity contribution >= 4 is 12.0 Å². The van der Waals surface area contributed by atoms with Crippen LogP contribution in [-0.2, 0) is 6.54 Å². The summed E-state index contributed by atoms with van der Waals surface area (Å²) in [4.78, 5) is 25.8. The van der Waals surface area contributed by atoms with Crippen LogP contribution in [0.4, 0.5) is 4.79 Å². The summed E-state index contributed by atoms with van der Waals surface area (Å²) >= 11 is 0. The van der Waals surface area contributed by atoms with E-state index in [1.807, 2.05) is 0 Å². The van der Waals surface area contributed by atoms with Gasteiger partial charge in [0.15, 0.2) is 5.69 Å². The van der Waals surface area contributed by atoms with Gasteiger partial charge in [-0.1, -0.05) is 5.92 Å². The van der Waals surface area contributed by atoms with E-state index in [0.717, 1.165) is 0 Å². The maximum atomic E-state index is 11.5. The van der Waals surface area contributed by atoms with Crippen molar-refractivity contribution in [1.82, 2.24) is 20.2 Å². The van der Waals surface area contributed by atoms with Crippen molar-refractivity contribution in [2.75, 3.05) is 6.54 Å². The number of rotatable bonds is 5. The van der Waals surface area contributed by atoms with Crippen LogP contribution in [0.15, 0.2) is 12.5 Å². The summed E-state index contributed by atoms with van der Waals surface area (Å²) in [5, 5.41) is 13.9. The zero-order valence-electron chi connectivity index (χ0n) is 10.8. The minimum atomic E-state index is -1.08. The smallest absolute Gasteiger partial charge is 0.356 e. The zero-order chi connectivity index (χ0) is 14.5. The van der Waals surface area contributed by atoms with E-state index in [4.69, 9.17) is 11.5 Å². The SMILES string of the molecule is C#CC(C)(C)NC(=O)NCCn1cnc(C(=O)O)c1. The van der Waals surface area contributed by atoms with E-state index in [2.05, 4.69) is 21.5 Å². The molecule has 1 rings (SSSR count). The number of carboxylic acids is 1. The molecule has 1 heterocycles. The lowest BCUT2D eigenvalue weighted by Gasteiger charge is -2.19. The van der Waals surface area contributed by atoms with Crippen LogP contribution in [0.1, 0.15) is 24.3 Å². The summed E-state index contributed by atoms with van der Waals surface area (Å²) in [7, 11) is 0. The van der Waals surface area contributed by atoms with E-state index < -0.39 is 11.5 Å². The van der Waals surface area contributed by atoms with Crippen molar-refractivity contribution in [2.45, 2.75) is 25.9 Å². The molecule has 2 amide bonds. The number of terminal acetylenes is 1. The molecule has 1 aromatic rings. The molecule has 0 atom stereocenters. The standard InChI is InChI=1S/C12H16N4O3/c1-4-12(2,3)15-11(19)13-5-6-16-7-9(10(17)18)14-8-16/h1,7-8H,5-6H2,2-3H3,(H,17,18)(H2,13,15,19). The monoisotopic (exact) mass is 264 g/mol. The molecule has 0 aliphatic carbocycles. The second kappa shape index (κ2) is 5.91. The highest BCUT2D eigenvalue weighted by Gasteiger charge is 2.16. The lowest BCUT2D eigenvalue weighted by Crippen LogP contribution is -2.48. The molecule has 102 valence electrons. The summed E-state index contributed by atoms with van der Waals surface area (Å²) in [6.45, 7) is 4.18. The predicted octanol–water partition coefficient (Wildman–Crippen LogP) is 0.292. The summed E-state index contributed by atoms with van der Waals surface area (Å²) in [6.07, 6.45) is 8.04. The number of urea groups is 1. The summed E-state index contributed by atoms with van der Waals surface area (Å²) < 4.78 is 1.58. The maximum Gasteiger partial charge on any atom is 0.356 e. The Bertz CT molecular complexity index is 513. The number of carbonyl (C=O) groups excluding carboxylic acids is 1. The molecular weight excluding hydrogens is 248 g/mol. The van der Waals surface area contributed by atoms with Gasteiger partial charge < -0.3 is 20.3 Å². The predicted molar refractivity (Wildman–Crippen MR) is 68.6 cm³/mol. The van der Waals surface area contributed by atoms with E-state index >= 15 is 0 Å². The maximum absolute atomic E-state index is 11.5. The lowest BCUT2D eigenvalue weighted by atomic mass is 10.1. The third kappa shape index (κ3) is 4.71. The van der Waals surface area contributed by atoms with E-state index in [9.17, 15) is 9.59 Å². The van der Waals surface area contributed by atoms with Gasteiger partial charge in [-0.3, -0.25) is 0 Å². The van der Waals surface area contributed by atoms with E-state index in [1.54, 1.807) is 18.4 Å². The molecule has 0 aliphatic rings. The van der Waals surface area contributed by atoms with Gasteiger partial charge in [-0.25, -0.2) is 14.6 Å². The van der Waals surface area contributed by atoms with Gasteiger partial charge >= 0.3 is 12.0 Å². The summed E-state index contributed by atoms with van der Waals surface area (Å²) in [5.41, 5.74) is -0.742. The second-order valence-electron chi connectivity index (χ2n) is 4.45.